The van der Waals surface area contributed by atoms with E-state index in [1.165, 1.54) is 19.3 Å². The quantitative estimate of drug-likeness (QED) is 0.475. The van der Waals surface area contributed by atoms with Crippen molar-refractivity contribution in [3.05, 3.63) is 0 Å². The van der Waals surface area contributed by atoms with Crippen LogP contribution in [0.25, 0.3) is 0 Å². The molecule has 0 bridgehead atoms. The fourth-order valence-electron chi connectivity index (χ4n) is 0.878. The van der Waals surface area contributed by atoms with E-state index in [4.69, 9.17) is 4.52 Å². The molecule has 0 aliphatic rings. The van der Waals surface area contributed by atoms with Crippen LogP contribution in [0.2, 0.25) is 0 Å². The van der Waals surface area contributed by atoms with Gasteiger partial charge in [0, 0.05) is 6.66 Å². The van der Waals surface area contributed by atoms with Crippen LogP contribution in [0, 0.1) is 0 Å². The number of unbranched alkanes of at least 4 members (excludes halogenated alkanes) is 3. The molecule has 13 heavy (non-hydrogen) atoms. The highest BCUT2D eigenvalue weighted by molar-refractivity contribution is 7.55. The zero-order chi connectivity index (χ0) is 10.3. The first kappa shape index (κ1) is 13.2. The molecule has 0 aromatic heterocycles. The maximum Gasteiger partial charge on any atom is 0.268 e. The van der Waals surface area contributed by atoms with E-state index in [2.05, 4.69) is 6.92 Å². The Bertz CT molecular complexity index is 171. The predicted molar refractivity (Wildman–Crippen MR) is 57.3 cm³/mol. The average molecular weight is 207 g/mol. The summed E-state index contributed by atoms with van der Waals surface area (Å²) >= 11 is 0. The summed E-state index contributed by atoms with van der Waals surface area (Å²) in [5, 5.41) is 0. The van der Waals surface area contributed by atoms with Gasteiger partial charge in [0.15, 0.2) is 0 Å². The Morgan fingerprint density at radius 1 is 1.23 bits per heavy atom. The van der Waals surface area contributed by atoms with E-state index >= 15 is 0 Å². The van der Waals surface area contributed by atoms with Gasteiger partial charge >= 0.3 is 0 Å². The van der Waals surface area contributed by atoms with Gasteiger partial charge in [0.05, 0.1) is 6.61 Å². The zero-order valence-electron chi connectivity index (χ0n) is 9.25. The third-order valence-electron chi connectivity index (χ3n) is 2.06. The molecule has 4 heteroatoms. The van der Waals surface area contributed by atoms with Crippen molar-refractivity contribution >= 4 is 7.52 Å². The molecule has 0 heterocycles. The molecule has 0 aliphatic heterocycles. The minimum atomic E-state index is -2.48. The fourth-order valence-corrected chi connectivity index (χ4v) is 1.58. The molecular formula is C9H22NO2P. The Kier molecular flexibility index (Phi) is 6.66. The number of hydrogen-bond acceptors (Lipinski definition) is 2. The van der Waals surface area contributed by atoms with Gasteiger partial charge in [0.1, 0.15) is 0 Å². The maximum atomic E-state index is 11.7. The van der Waals surface area contributed by atoms with Crippen molar-refractivity contribution in [3.8, 4) is 0 Å². The maximum absolute atomic E-state index is 11.7. The van der Waals surface area contributed by atoms with E-state index in [0.717, 1.165) is 6.42 Å². The molecule has 0 aromatic carbocycles. The molecular weight excluding hydrogens is 185 g/mol. The lowest BCUT2D eigenvalue weighted by Gasteiger charge is -2.20. The van der Waals surface area contributed by atoms with Gasteiger partial charge in [-0.15, -0.1) is 0 Å². The summed E-state index contributed by atoms with van der Waals surface area (Å²) < 4.78 is 18.6. The van der Waals surface area contributed by atoms with Gasteiger partial charge in [0.2, 0.25) is 0 Å². The third kappa shape index (κ3) is 6.25. The number of rotatable bonds is 7. The van der Waals surface area contributed by atoms with Crippen molar-refractivity contribution in [2.45, 2.75) is 32.6 Å². The van der Waals surface area contributed by atoms with E-state index in [1.807, 2.05) is 0 Å². The van der Waals surface area contributed by atoms with Crippen molar-refractivity contribution < 1.29 is 9.09 Å². The first-order valence-electron chi connectivity index (χ1n) is 4.90. The minimum Gasteiger partial charge on any atom is -0.318 e. The molecule has 0 saturated heterocycles. The Hall–Kier alpha value is 0.150. The van der Waals surface area contributed by atoms with E-state index in [1.54, 1.807) is 25.4 Å². The summed E-state index contributed by atoms with van der Waals surface area (Å²) in [4.78, 5) is 0. The SMILES string of the molecule is CCCCCCOP(C)(=O)N(C)C. The highest BCUT2D eigenvalue weighted by Gasteiger charge is 2.17. The van der Waals surface area contributed by atoms with Crippen LogP contribution >= 0.6 is 7.52 Å². The summed E-state index contributed by atoms with van der Waals surface area (Å²) in [6.07, 6.45) is 4.64. The molecule has 0 aliphatic carbocycles. The molecule has 0 fully saturated rings. The van der Waals surface area contributed by atoms with Gasteiger partial charge < -0.3 is 4.52 Å². The largest absolute Gasteiger partial charge is 0.318 e. The third-order valence-corrected chi connectivity index (χ3v) is 4.17. The van der Waals surface area contributed by atoms with Gasteiger partial charge in [-0.25, -0.2) is 4.67 Å². The molecule has 1 atom stereocenters. The van der Waals surface area contributed by atoms with Crippen molar-refractivity contribution in [2.24, 2.45) is 0 Å². The van der Waals surface area contributed by atoms with Crippen molar-refractivity contribution in [1.29, 1.82) is 0 Å². The molecule has 0 N–H and O–H groups in total. The van der Waals surface area contributed by atoms with Crippen LogP contribution in [0.3, 0.4) is 0 Å². The summed E-state index contributed by atoms with van der Waals surface area (Å²) in [6, 6.07) is 0. The highest BCUT2D eigenvalue weighted by Crippen LogP contribution is 2.44. The summed E-state index contributed by atoms with van der Waals surface area (Å²) in [7, 11) is 1.09. The molecule has 1 unspecified atom stereocenters. The van der Waals surface area contributed by atoms with Gasteiger partial charge in [-0.05, 0) is 20.5 Å². The van der Waals surface area contributed by atoms with Crippen LogP contribution in [0.4, 0.5) is 0 Å². The summed E-state index contributed by atoms with van der Waals surface area (Å²) in [6.45, 7) is 4.45. The normalized spacial score (nSPS) is 16.1. The van der Waals surface area contributed by atoms with Crippen molar-refractivity contribution in [3.63, 3.8) is 0 Å². The molecule has 0 aromatic rings. The molecule has 0 amide bonds. The second kappa shape index (κ2) is 6.58. The van der Waals surface area contributed by atoms with Gasteiger partial charge in [-0.1, -0.05) is 26.2 Å². The Labute approximate surface area is 82.0 Å². The van der Waals surface area contributed by atoms with Crippen molar-refractivity contribution in [2.75, 3.05) is 27.4 Å². The van der Waals surface area contributed by atoms with E-state index in [9.17, 15) is 4.57 Å². The average Bonchev–Trinajstić information content (AvgIpc) is 2.03. The van der Waals surface area contributed by atoms with Crippen LogP contribution in [0.5, 0.6) is 0 Å². The van der Waals surface area contributed by atoms with E-state index in [0.29, 0.717) is 6.61 Å². The molecule has 0 saturated carbocycles. The topological polar surface area (TPSA) is 29.5 Å². The number of nitrogens with zero attached hydrogens (tertiary/aromatic N) is 1. The summed E-state index contributed by atoms with van der Waals surface area (Å²) in [5.41, 5.74) is 0. The van der Waals surface area contributed by atoms with E-state index in [-0.39, 0.29) is 0 Å². The lowest BCUT2D eigenvalue weighted by Crippen LogP contribution is -2.10. The smallest absolute Gasteiger partial charge is 0.268 e. The minimum absolute atomic E-state index is 0.617. The lowest BCUT2D eigenvalue weighted by atomic mass is 10.2. The molecule has 3 nitrogen and oxygen atoms in total. The second-order valence-electron chi connectivity index (χ2n) is 3.54. The van der Waals surface area contributed by atoms with Crippen LogP contribution in [-0.4, -0.2) is 32.0 Å². The zero-order valence-corrected chi connectivity index (χ0v) is 10.1. The lowest BCUT2D eigenvalue weighted by molar-refractivity contribution is 0.277. The molecule has 0 spiro atoms. The molecule has 0 rings (SSSR count). The molecule has 0 radical (unpaired) electrons. The van der Waals surface area contributed by atoms with Crippen LogP contribution in [-0.2, 0) is 9.09 Å². The van der Waals surface area contributed by atoms with Gasteiger partial charge in [0.25, 0.3) is 7.52 Å². The van der Waals surface area contributed by atoms with Crippen molar-refractivity contribution in [1.82, 2.24) is 4.67 Å². The standard InChI is InChI=1S/C9H22NO2P/c1-5-6-7-8-9-12-13(4,11)10(2)3/h5-9H2,1-4H3. The predicted octanol–water partition coefficient (Wildman–Crippen LogP) is 2.97. The Morgan fingerprint density at radius 3 is 2.31 bits per heavy atom. The Morgan fingerprint density at radius 2 is 1.85 bits per heavy atom. The summed E-state index contributed by atoms with van der Waals surface area (Å²) in [5.74, 6) is 0. The van der Waals surface area contributed by atoms with Gasteiger partial charge in [-0.2, -0.15) is 0 Å². The van der Waals surface area contributed by atoms with Crippen LogP contribution < -0.4 is 0 Å². The first-order chi connectivity index (χ1) is 6.00. The second-order valence-corrected chi connectivity index (χ2v) is 6.21. The van der Waals surface area contributed by atoms with Crippen LogP contribution in [0.15, 0.2) is 0 Å². The fraction of sp³-hybridized carbons (Fsp3) is 1.00. The highest BCUT2D eigenvalue weighted by atomic mass is 31.2. The monoisotopic (exact) mass is 207 g/mol. The van der Waals surface area contributed by atoms with E-state index < -0.39 is 7.52 Å². The van der Waals surface area contributed by atoms with Gasteiger partial charge in [-0.3, -0.25) is 4.57 Å². The molecule has 80 valence electrons. The van der Waals surface area contributed by atoms with Crippen LogP contribution in [0.1, 0.15) is 32.6 Å². The number of hydrogen-bond donors (Lipinski definition) is 0. The Balaban J connectivity index is 3.47. The first-order valence-corrected chi connectivity index (χ1v) is 6.93.